The Morgan fingerprint density at radius 1 is 0.895 bits per heavy atom. The van der Waals surface area contributed by atoms with Gasteiger partial charge in [-0.25, -0.2) is 0 Å². The van der Waals surface area contributed by atoms with Gasteiger partial charge in [-0.15, -0.1) is 0 Å². The fourth-order valence-corrected chi connectivity index (χ4v) is 1.68. The van der Waals surface area contributed by atoms with E-state index in [2.05, 4.69) is 12.0 Å². The Labute approximate surface area is 113 Å². The Morgan fingerprint density at radius 2 is 1.47 bits per heavy atom. The highest BCUT2D eigenvalue weighted by Gasteiger charge is 2.03. The van der Waals surface area contributed by atoms with Crippen LogP contribution < -0.4 is 0 Å². The Morgan fingerprint density at radius 3 is 2.05 bits per heavy atom. The van der Waals surface area contributed by atoms with Crippen LogP contribution in [0, 0.1) is 12.0 Å². The third-order valence-corrected chi connectivity index (χ3v) is 2.65. The van der Waals surface area contributed by atoms with E-state index >= 15 is 0 Å². The molecule has 2 nitrogen and oxygen atoms in total. The highest BCUT2D eigenvalue weighted by molar-refractivity contribution is 6.09. The number of rotatable bonds is 2. The summed E-state index contributed by atoms with van der Waals surface area (Å²) in [4.78, 5) is 13.5. The lowest BCUT2D eigenvalue weighted by Gasteiger charge is -2.02. The van der Waals surface area contributed by atoms with Crippen molar-refractivity contribution in [1.29, 1.82) is 0 Å². The summed E-state index contributed by atoms with van der Waals surface area (Å²) in [6.07, 6.45) is 0. The van der Waals surface area contributed by atoms with Crippen LogP contribution in [0.4, 0.5) is 0 Å². The Kier molecular flexibility index (Phi) is 4.00. The van der Waals surface area contributed by atoms with E-state index in [4.69, 9.17) is 0 Å². The van der Waals surface area contributed by atoms with Crippen molar-refractivity contribution >= 4 is 5.78 Å². The van der Waals surface area contributed by atoms with Gasteiger partial charge in [-0.2, -0.15) is 0 Å². The Hall–Kier alpha value is -2.53. The molecule has 0 amide bonds. The summed E-state index contributed by atoms with van der Waals surface area (Å²) in [7, 11) is 3.61. The summed E-state index contributed by atoms with van der Waals surface area (Å²) in [5.74, 6) is 2.44. The van der Waals surface area contributed by atoms with Crippen LogP contribution in [-0.4, -0.2) is 24.8 Å². The van der Waals surface area contributed by atoms with E-state index in [0.29, 0.717) is 5.56 Å². The molecule has 0 heterocycles. The molecule has 0 radical (unpaired) electrons. The van der Waals surface area contributed by atoms with Crippen LogP contribution in [0.15, 0.2) is 54.6 Å². The molecule has 0 saturated heterocycles. The number of carbonyl (C=O) groups excluding carboxylic acids is 1. The van der Waals surface area contributed by atoms with E-state index in [1.807, 2.05) is 54.6 Å². The largest absolute Gasteiger partial charge is 0.338 e. The lowest BCUT2D eigenvalue weighted by atomic mass is 10.0. The fraction of sp³-hybridized carbons (Fsp3) is 0.118. The average Bonchev–Trinajstić information content (AvgIpc) is 2.46. The van der Waals surface area contributed by atoms with Crippen molar-refractivity contribution in [3.8, 4) is 23.1 Å². The van der Waals surface area contributed by atoms with E-state index < -0.39 is 0 Å². The van der Waals surface area contributed by atoms with Crippen LogP contribution in [0.3, 0.4) is 0 Å². The molecule has 2 heteroatoms. The number of nitrogens with zero attached hydrogens (tertiary/aromatic N) is 1. The van der Waals surface area contributed by atoms with Gasteiger partial charge in [0.1, 0.15) is 0 Å². The molecule has 0 aliphatic rings. The van der Waals surface area contributed by atoms with Crippen molar-refractivity contribution in [2.75, 3.05) is 14.1 Å². The van der Waals surface area contributed by atoms with Gasteiger partial charge in [0, 0.05) is 25.7 Å². The molecule has 0 fully saturated rings. The summed E-state index contributed by atoms with van der Waals surface area (Å²) in [5, 5.41) is 0. The summed E-state index contributed by atoms with van der Waals surface area (Å²) in [6.45, 7) is 0. The second kappa shape index (κ2) is 5.88. The summed E-state index contributed by atoms with van der Waals surface area (Å²) >= 11 is 0. The molecule has 0 unspecified atom stereocenters. The van der Waals surface area contributed by atoms with Crippen LogP contribution in [-0.2, 0) is 0 Å². The summed E-state index contributed by atoms with van der Waals surface area (Å²) < 4.78 is 0. The van der Waals surface area contributed by atoms with Gasteiger partial charge >= 0.3 is 0 Å². The molecule has 0 spiro atoms. The van der Waals surface area contributed by atoms with Gasteiger partial charge in [0.05, 0.1) is 0 Å². The maximum atomic E-state index is 11.8. The molecule has 0 bridgehead atoms. The maximum absolute atomic E-state index is 11.8. The van der Waals surface area contributed by atoms with Gasteiger partial charge in [-0.3, -0.25) is 4.79 Å². The molecular formula is C17H15NO. The number of benzene rings is 2. The predicted molar refractivity (Wildman–Crippen MR) is 77.7 cm³/mol. The average molecular weight is 249 g/mol. The van der Waals surface area contributed by atoms with Crippen molar-refractivity contribution in [2.45, 2.75) is 0 Å². The molecule has 0 aromatic heterocycles. The molecule has 19 heavy (non-hydrogen) atoms. The molecule has 0 aliphatic carbocycles. The first-order valence-corrected chi connectivity index (χ1v) is 6.05. The topological polar surface area (TPSA) is 20.3 Å². The van der Waals surface area contributed by atoms with E-state index in [1.165, 1.54) is 0 Å². The van der Waals surface area contributed by atoms with E-state index in [9.17, 15) is 4.79 Å². The number of carbonyl (C=O) groups is 1. The van der Waals surface area contributed by atoms with Crippen LogP contribution in [0.2, 0.25) is 0 Å². The molecule has 2 aromatic carbocycles. The predicted octanol–water partition coefficient (Wildman–Crippen LogP) is 3.06. The zero-order valence-electron chi connectivity index (χ0n) is 11.1. The van der Waals surface area contributed by atoms with Gasteiger partial charge in [0.15, 0.2) is 0 Å². The molecule has 0 atom stereocenters. The maximum Gasteiger partial charge on any atom is 0.237 e. The van der Waals surface area contributed by atoms with Crippen molar-refractivity contribution in [3.63, 3.8) is 0 Å². The third-order valence-electron chi connectivity index (χ3n) is 2.65. The van der Waals surface area contributed by atoms with Gasteiger partial charge in [0.2, 0.25) is 5.78 Å². The summed E-state index contributed by atoms with van der Waals surface area (Å²) in [5.41, 5.74) is 2.85. The second-order valence-corrected chi connectivity index (χ2v) is 4.40. The van der Waals surface area contributed by atoms with Crippen molar-refractivity contribution in [2.24, 2.45) is 0 Å². The van der Waals surface area contributed by atoms with Crippen LogP contribution >= 0.6 is 0 Å². The van der Waals surface area contributed by atoms with Crippen LogP contribution in [0.25, 0.3) is 11.1 Å². The number of Topliss-reactive ketones (excluding diaryl/α,β-unsaturated/α-hetero) is 1. The lowest BCUT2D eigenvalue weighted by molar-refractivity contribution is 0.105. The van der Waals surface area contributed by atoms with Crippen molar-refractivity contribution < 1.29 is 4.79 Å². The van der Waals surface area contributed by atoms with E-state index in [-0.39, 0.29) is 5.78 Å². The number of hydrogen-bond donors (Lipinski definition) is 0. The van der Waals surface area contributed by atoms with Gasteiger partial charge in [0.25, 0.3) is 0 Å². The van der Waals surface area contributed by atoms with Gasteiger partial charge in [-0.05, 0) is 29.2 Å². The normalized spacial score (nSPS) is 9.37. The first kappa shape index (κ1) is 12.9. The SMILES string of the molecule is CN(C)C#CC(=O)c1ccc(-c2ccccc2)cc1. The number of hydrogen-bond acceptors (Lipinski definition) is 2. The first-order chi connectivity index (χ1) is 9.16. The molecule has 0 aliphatic heterocycles. The minimum absolute atomic E-state index is 0.159. The van der Waals surface area contributed by atoms with Gasteiger partial charge in [-0.1, -0.05) is 42.5 Å². The third kappa shape index (κ3) is 3.46. The highest BCUT2D eigenvalue weighted by atomic mass is 16.1. The standard InChI is InChI=1S/C17H15NO/c1-18(2)13-12-17(19)16-10-8-15(9-11-16)14-6-4-3-5-7-14/h3-11H,1-2H3. The van der Waals surface area contributed by atoms with Crippen LogP contribution in [0.1, 0.15) is 10.4 Å². The molecular weight excluding hydrogens is 234 g/mol. The minimum Gasteiger partial charge on any atom is -0.338 e. The zero-order valence-corrected chi connectivity index (χ0v) is 11.1. The summed E-state index contributed by atoms with van der Waals surface area (Å²) in [6, 6.07) is 20.3. The smallest absolute Gasteiger partial charge is 0.237 e. The van der Waals surface area contributed by atoms with E-state index in [0.717, 1.165) is 11.1 Å². The Balaban J connectivity index is 2.20. The fourth-order valence-electron chi connectivity index (χ4n) is 1.68. The zero-order chi connectivity index (χ0) is 13.7. The Bertz CT molecular complexity index is 616. The molecule has 94 valence electrons. The lowest BCUT2D eigenvalue weighted by Crippen LogP contribution is -2.03. The monoisotopic (exact) mass is 249 g/mol. The van der Waals surface area contributed by atoms with E-state index in [1.54, 1.807) is 19.0 Å². The quantitative estimate of drug-likeness (QED) is 0.463. The van der Waals surface area contributed by atoms with Crippen molar-refractivity contribution in [3.05, 3.63) is 60.2 Å². The minimum atomic E-state index is -0.159. The van der Waals surface area contributed by atoms with Crippen LogP contribution in [0.5, 0.6) is 0 Å². The van der Waals surface area contributed by atoms with Gasteiger partial charge < -0.3 is 4.90 Å². The van der Waals surface area contributed by atoms with Crippen molar-refractivity contribution in [1.82, 2.24) is 4.90 Å². The second-order valence-electron chi connectivity index (χ2n) is 4.40. The molecule has 2 rings (SSSR count). The molecule has 0 saturated carbocycles. The highest BCUT2D eigenvalue weighted by Crippen LogP contribution is 2.19. The molecule has 0 N–H and O–H groups in total. The molecule has 2 aromatic rings. The number of ketones is 1. The first-order valence-electron chi connectivity index (χ1n) is 6.05.